The van der Waals surface area contributed by atoms with E-state index in [0.717, 1.165) is 0 Å². The van der Waals surface area contributed by atoms with Crippen LogP contribution in [-0.4, -0.2) is 29.2 Å². The van der Waals surface area contributed by atoms with Crippen LogP contribution in [0.4, 0.5) is 11.4 Å². The lowest BCUT2D eigenvalue weighted by atomic mass is 9.93. The van der Waals surface area contributed by atoms with Crippen molar-refractivity contribution in [3.05, 3.63) is 52.1 Å². The summed E-state index contributed by atoms with van der Waals surface area (Å²) in [5.74, 6) is -0.454. The van der Waals surface area contributed by atoms with Crippen LogP contribution in [0.2, 0.25) is 0 Å². The molecule has 2 aromatic carbocycles. The molecule has 7 heteroatoms. The van der Waals surface area contributed by atoms with E-state index in [2.05, 4.69) is 4.99 Å². The number of rotatable bonds is 3. The second kappa shape index (κ2) is 5.44. The third kappa shape index (κ3) is 2.77. The van der Waals surface area contributed by atoms with Crippen LogP contribution in [0.1, 0.15) is 5.56 Å². The molecule has 0 radical (unpaired) electrons. The van der Waals surface area contributed by atoms with Gasteiger partial charge in [0.1, 0.15) is 19.3 Å². The van der Waals surface area contributed by atoms with Gasteiger partial charge in [0.25, 0.3) is 0 Å². The first-order valence-corrected chi connectivity index (χ1v) is 5.79. The van der Waals surface area contributed by atoms with Crippen molar-refractivity contribution < 1.29 is 15.1 Å². The highest BCUT2D eigenvalue weighted by Crippen LogP contribution is 2.29. The first kappa shape index (κ1) is 13.6. The topological polar surface area (TPSA) is 96.0 Å². The van der Waals surface area contributed by atoms with Crippen LogP contribution < -0.4 is 5.46 Å². The normalized spacial score (nSPS) is 10.8. The predicted octanol–water partition coefficient (Wildman–Crippen LogP) is 1.01. The fourth-order valence-corrected chi connectivity index (χ4v) is 1.74. The molecule has 20 heavy (non-hydrogen) atoms. The molecule has 2 aromatic rings. The van der Waals surface area contributed by atoms with Crippen LogP contribution in [0, 0.1) is 10.1 Å². The molecule has 100 valence electrons. The first-order chi connectivity index (χ1) is 9.49. The Morgan fingerprint density at radius 1 is 1.25 bits per heavy atom. The van der Waals surface area contributed by atoms with E-state index in [4.69, 9.17) is 0 Å². The lowest BCUT2D eigenvalue weighted by molar-refractivity contribution is -0.385. The van der Waals surface area contributed by atoms with Gasteiger partial charge in [-0.1, -0.05) is 23.7 Å². The second-order valence-corrected chi connectivity index (χ2v) is 4.23. The minimum atomic E-state index is -0.653. The van der Waals surface area contributed by atoms with Crippen molar-refractivity contribution in [2.24, 2.45) is 4.99 Å². The quantitative estimate of drug-likeness (QED) is 0.376. The third-order valence-electron chi connectivity index (χ3n) is 2.68. The number of aromatic hydroxyl groups is 2. The summed E-state index contributed by atoms with van der Waals surface area (Å²) >= 11 is 0. The molecular weight excluding hydrogens is 259 g/mol. The molecule has 2 N–H and O–H groups in total. The number of nitrogens with zero attached hydrogens (tertiary/aromatic N) is 2. The van der Waals surface area contributed by atoms with Crippen molar-refractivity contribution in [2.75, 3.05) is 0 Å². The van der Waals surface area contributed by atoms with Crippen LogP contribution in [0.15, 0.2) is 41.4 Å². The summed E-state index contributed by atoms with van der Waals surface area (Å²) in [6.45, 7) is 0. The monoisotopic (exact) mass is 270 g/mol. The Bertz CT molecular complexity index is 701. The molecule has 0 spiro atoms. The third-order valence-corrected chi connectivity index (χ3v) is 2.68. The first-order valence-electron chi connectivity index (χ1n) is 5.79. The Hall–Kier alpha value is -2.83. The standard InChI is InChI=1S/C13H11BN2O4/c14-9-5-8(13(18)11(6-9)16(19)20)7-15-10-3-1-2-4-12(10)17/h1-7,17-18H,14H2/b15-7+. The van der Waals surface area contributed by atoms with Gasteiger partial charge in [0.2, 0.25) is 5.75 Å². The molecule has 0 unspecified atom stereocenters. The van der Waals surface area contributed by atoms with Gasteiger partial charge in [-0.25, -0.2) is 0 Å². The highest BCUT2D eigenvalue weighted by molar-refractivity contribution is 6.33. The van der Waals surface area contributed by atoms with E-state index < -0.39 is 10.7 Å². The Morgan fingerprint density at radius 2 is 1.95 bits per heavy atom. The number of para-hydroxylation sites is 2. The lowest BCUT2D eigenvalue weighted by Crippen LogP contribution is -2.06. The number of phenols is 2. The van der Waals surface area contributed by atoms with Gasteiger partial charge in [0.05, 0.1) is 4.92 Å². The van der Waals surface area contributed by atoms with E-state index in [9.17, 15) is 20.3 Å². The number of nitro groups is 1. The highest BCUT2D eigenvalue weighted by Gasteiger charge is 2.16. The van der Waals surface area contributed by atoms with Crippen LogP contribution in [-0.2, 0) is 0 Å². The molecule has 0 atom stereocenters. The van der Waals surface area contributed by atoms with Crippen LogP contribution >= 0.6 is 0 Å². The van der Waals surface area contributed by atoms with Crippen molar-refractivity contribution in [3.63, 3.8) is 0 Å². The summed E-state index contributed by atoms with van der Waals surface area (Å²) < 4.78 is 0. The van der Waals surface area contributed by atoms with E-state index >= 15 is 0 Å². The molecular formula is C13H11BN2O4. The van der Waals surface area contributed by atoms with Gasteiger partial charge in [-0.15, -0.1) is 0 Å². The molecule has 0 aliphatic heterocycles. The van der Waals surface area contributed by atoms with Gasteiger partial charge < -0.3 is 10.2 Å². The fraction of sp³-hybridized carbons (Fsp3) is 0. The number of phenolic OH excluding ortho intramolecular Hbond substituents is 2. The molecule has 0 fully saturated rings. The summed E-state index contributed by atoms with van der Waals surface area (Å²) in [7, 11) is 1.68. The number of benzene rings is 2. The maximum absolute atomic E-state index is 10.8. The van der Waals surface area contributed by atoms with Crippen LogP contribution in [0.3, 0.4) is 0 Å². The number of hydrogen-bond acceptors (Lipinski definition) is 5. The Labute approximate surface area is 115 Å². The van der Waals surface area contributed by atoms with E-state index in [1.807, 2.05) is 0 Å². The SMILES string of the molecule is Bc1cc(/C=N/c2ccccc2O)c(O)c([N+](=O)[O-])c1. The van der Waals surface area contributed by atoms with Crippen molar-refractivity contribution in [1.82, 2.24) is 0 Å². The fourth-order valence-electron chi connectivity index (χ4n) is 1.74. The van der Waals surface area contributed by atoms with Crippen molar-refractivity contribution in [2.45, 2.75) is 0 Å². The molecule has 6 nitrogen and oxygen atoms in total. The second-order valence-electron chi connectivity index (χ2n) is 4.23. The minimum absolute atomic E-state index is 0.00890. The van der Waals surface area contributed by atoms with Gasteiger partial charge in [-0.3, -0.25) is 15.1 Å². The summed E-state index contributed by atoms with van der Waals surface area (Å²) in [5, 5.41) is 30.2. The zero-order valence-electron chi connectivity index (χ0n) is 10.6. The van der Waals surface area contributed by atoms with E-state index in [0.29, 0.717) is 11.2 Å². The zero-order chi connectivity index (χ0) is 14.7. The molecule has 0 amide bonds. The molecule has 0 saturated carbocycles. The predicted molar refractivity (Wildman–Crippen MR) is 78.3 cm³/mol. The van der Waals surface area contributed by atoms with Crippen molar-refractivity contribution >= 4 is 30.9 Å². The van der Waals surface area contributed by atoms with Crippen molar-refractivity contribution in [1.29, 1.82) is 0 Å². The Kier molecular flexibility index (Phi) is 3.70. The number of aliphatic imine (C=N–C) groups is 1. The molecule has 0 aliphatic carbocycles. The Morgan fingerprint density at radius 3 is 2.60 bits per heavy atom. The zero-order valence-corrected chi connectivity index (χ0v) is 10.6. The number of hydrogen-bond donors (Lipinski definition) is 2. The molecule has 0 aromatic heterocycles. The molecule has 0 aliphatic rings. The van der Waals surface area contributed by atoms with Crippen LogP contribution in [0.5, 0.6) is 11.5 Å². The van der Waals surface area contributed by atoms with Gasteiger partial charge >= 0.3 is 5.69 Å². The summed E-state index contributed by atoms with van der Waals surface area (Å²) in [6.07, 6.45) is 1.28. The molecule has 2 rings (SSSR count). The largest absolute Gasteiger partial charge is 0.506 e. The highest BCUT2D eigenvalue weighted by atomic mass is 16.6. The number of nitro benzene ring substituents is 1. The maximum atomic E-state index is 10.8. The summed E-state index contributed by atoms with van der Waals surface area (Å²) in [4.78, 5) is 14.2. The van der Waals surface area contributed by atoms with Crippen molar-refractivity contribution in [3.8, 4) is 11.5 Å². The summed E-state index contributed by atoms with van der Waals surface area (Å²) in [5.41, 5.74) is 0.799. The Balaban J connectivity index is 2.44. The van der Waals surface area contributed by atoms with E-state index in [1.54, 1.807) is 32.1 Å². The maximum Gasteiger partial charge on any atom is 0.310 e. The molecule has 0 heterocycles. The smallest absolute Gasteiger partial charge is 0.310 e. The van der Waals surface area contributed by atoms with E-state index in [-0.39, 0.29) is 17.0 Å². The average Bonchev–Trinajstić information content (AvgIpc) is 2.40. The molecule has 0 saturated heterocycles. The van der Waals surface area contributed by atoms with Gasteiger partial charge in [-0.2, -0.15) is 0 Å². The molecule has 0 bridgehead atoms. The van der Waals surface area contributed by atoms with E-state index in [1.165, 1.54) is 18.3 Å². The average molecular weight is 270 g/mol. The minimum Gasteiger partial charge on any atom is -0.506 e. The van der Waals surface area contributed by atoms with Gasteiger partial charge in [0, 0.05) is 17.8 Å². The van der Waals surface area contributed by atoms with Gasteiger partial charge in [-0.05, 0) is 12.1 Å². The van der Waals surface area contributed by atoms with Gasteiger partial charge in [0.15, 0.2) is 0 Å². The lowest BCUT2D eigenvalue weighted by Gasteiger charge is -2.03. The van der Waals surface area contributed by atoms with Crippen LogP contribution in [0.25, 0.3) is 0 Å². The summed E-state index contributed by atoms with van der Waals surface area (Å²) in [6, 6.07) is 9.28.